The Hall–Kier alpha value is -2.12. The van der Waals surface area contributed by atoms with Crippen LogP contribution in [0.15, 0.2) is 0 Å². The van der Waals surface area contributed by atoms with Gasteiger partial charge in [-0.3, -0.25) is 19.2 Å². The van der Waals surface area contributed by atoms with Crippen LogP contribution >= 0.6 is 0 Å². The zero-order chi connectivity index (χ0) is 18.4. The van der Waals surface area contributed by atoms with Gasteiger partial charge in [0.1, 0.15) is 12.2 Å². The van der Waals surface area contributed by atoms with Crippen molar-refractivity contribution in [2.24, 2.45) is 11.8 Å². The van der Waals surface area contributed by atoms with Gasteiger partial charge in [-0.2, -0.15) is 0 Å². The number of hydrogen-bond donors (Lipinski definition) is 0. The monoisotopic (exact) mass is 344 g/mol. The summed E-state index contributed by atoms with van der Waals surface area (Å²) in [6, 6.07) is 0. The lowest BCUT2D eigenvalue weighted by Crippen LogP contribution is -2.56. The first-order chi connectivity index (χ1) is 11.1. The largest absolute Gasteiger partial charge is 0.465 e. The lowest BCUT2D eigenvalue weighted by molar-refractivity contribution is -0.207. The van der Waals surface area contributed by atoms with Crippen LogP contribution in [-0.2, 0) is 38.1 Å². The Balaban J connectivity index is 3.11. The second-order valence-electron chi connectivity index (χ2n) is 6.00. The first-order valence-corrected chi connectivity index (χ1v) is 7.76. The van der Waals surface area contributed by atoms with E-state index in [1.165, 1.54) is 27.7 Å². The summed E-state index contributed by atoms with van der Waals surface area (Å²) in [5.74, 6) is -2.69. The molecule has 5 unspecified atom stereocenters. The predicted octanol–water partition coefficient (Wildman–Crippen LogP) is 1.00. The second kappa shape index (κ2) is 8.65. The van der Waals surface area contributed by atoms with Crippen LogP contribution in [0, 0.1) is 11.8 Å². The van der Waals surface area contributed by atoms with Crippen molar-refractivity contribution < 1.29 is 38.1 Å². The zero-order valence-electron chi connectivity index (χ0n) is 14.6. The number of ether oxygens (including phenoxy) is 4. The van der Waals surface area contributed by atoms with Crippen molar-refractivity contribution in [3.05, 3.63) is 0 Å². The maximum atomic E-state index is 11.5. The van der Waals surface area contributed by atoms with Crippen molar-refractivity contribution >= 4 is 23.9 Å². The molecule has 1 aliphatic rings. The van der Waals surface area contributed by atoms with Gasteiger partial charge in [-0.25, -0.2) is 0 Å². The van der Waals surface area contributed by atoms with Gasteiger partial charge in [-0.1, -0.05) is 6.92 Å². The lowest BCUT2D eigenvalue weighted by Gasteiger charge is -2.43. The molecule has 0 aromatic carbocycles. The van der Waals surface area contributed by atoms with Crippen molar-refractivity contribution in [3.63, 3.8) is 0 Å². The van der Waals surface area contributed by atoms with Crippen molar-refractivity contribution in [2.75, 3.05) is 6.61 Å². The summed E-state index contributed by atoms with van der Waals surface area (Å²) in [5, 5.41) is 0. The molecule has 8 heteroatoms. The molecule has 1 fully saturated rings. The van der Waals surface area contributed by atoms with Crippen molar-refractivity contribution in [1.82, 2.24) is 0 Å². The van der Waals surface area contributed by atoms with Crippen LogP contribution in [0.3, 0.4) is 0 Å². The summed E-state index contributed by atoms with van der Waals surface area (Å²) in [5.41, 5.74) is 0. The van der Waals surface area contributed by atoms with Crippen LogP contribution in [0.2, 0.25) is 0 Å². The summed E-state index contributed by atoms with van der Waals surface area (Å²) in [6.45, 7) is 6.82. The van der Waals surface area contributed by atoms with Crippen LogP contribution < -0.4 is 0 Å². The molecule has 0 heterocycles. The normalized spacial score (nSPS) is 29.3. The fourth-order valence-corrected chi connectivity index (χ4v) is 2.97. The Bertz CT molecular complexity index is 500. The maximum absolute atomic E-state index is 11.5. The number of carbonyl (C=O) groups excluding carboxylic acids is 4. The first-order valence-electron chi connectivity index (χ1n) is 7.76. The fourth-order valence-electron chi connectivity index (χ4n) is 2.97. The van der Waals surface area contributed by atoms with Gasteiger partial charge in [0.25, 0.3) is 0 Å². The van der Waals surface area contributed by atoms with E-state index in [4.69, 9.17) is 18.9 Å². The maximum Gasteiger partial charge on any atom is 0.303 e. The SMILES string of the molecule is CC(=O)OCC1CC(C)C(OC(C)=O)C(OC(C)=O)C1OC(C)=O. The van der Waals surface area contributed by atoms with Crippen LogP contribution in [0.25, 0.3) is 0 Å². The average Bonchev–Trinajstić information content (AvgIpc) is 2.42. The molecule has 0 bridgehead atoms. The third-order valence-corrected chi connectivity index (χ3v) is 3.75. The minimum atomic E-state index is -0.959. The Labute approximate surface area is 140 Å². The van der Waals surface area contributed by atoms with E-state index in [0.717, 1.165) is 0 Å². The fraction of sp³-hybridized carbons (Fsp3) is 0.750. The molecule has 136 valence electrons. The van der Waals surface area contributed by atoms with Crippen LogP contribution in [-0.4, -0.2) is 48.8 Å². The average molecular weight is 344 g/mol. The molecule has 0 saturated heterocycles. The zero-order valence-corrected chi connectivity index (χ0v) is 14.6. The summed E-state index contributed by atoms with van der Waals surface area (Å²) in [6.07, 6.45) is -2.10. The molecule has 24 heavy (non-hydrogen) atoms. The summed E-state index contributed by atoms with van der Waals surface area (Å²) >= 11 is 0. The standard InChI is InChI=1S/C16H24O8/c1-8-6-13(7-21-9(2)17)15(23-11(4)19)16(24-12(5)20)14(8)22-10(3)18/h8,13-16H,6-7H2,1-5H3. The molecule has 0 radical (unpaired) electrons. The topological polar surface area (TPSA) is 105 Å². The molecule has 8 nitrogen and oxygen atoms in total. The highest BCUT2D eigenvalue weighted by atomic mass is 16.6. The molecule has 1 saturated carbocycles. The highest BCUT2D eigenvalue weighted by molar-refractivity contribution is 5.68. The van der Waals surface area contributed by atoms with E-state index >= 15 is 0 Å². The van der Waals surface area contributed by atoms with E-state index in [1.54, 1.807) is 0 Å². The molecule has 0 N–H and O–H groups in total. The van der Waals surface area contributed by atoms with E-state index in [-0.39, 0.29) is 18.4 Å². The minimum absolute atomic E-state index is 0.0160. The van der Waals surface area contributed by atoms with Gasteiger partial charge >= 0.3 is 23.9 Å². The Morgan fingerprint density at radius 3 is 1.67 bits per heavy atom. The Kier molecular flexibility index (Phi) is 7.18. The summed E-state index contributed by atoms with van der Waals surface area (Å²) in [4.78, 5) is 45.4. The van der Waals surface area contributed by atoms with Gasteiger partial charge in [0.05, 0.1) is 6.61 Å². The van der Waals surface area contributed by atoms with E-state index in [0.29, 0.717) is 6.42 Å². The summed E-state index contributed by atoms with van der Waals surface area (Å²) < 4.78 is 20.9. The minimum Gasteiger partial charge on any atom is -0.465 e. The molecule has 0 aromatic heterocycles. The molecule has 0 amide bonds. The Morgan fingerprint density at radius 1 is 0.750 bits per heavy atom. The Morgan fingerprint density at radius 2 is 1.21 bits per heavy atom. The molecule has 0 aliphatic heterocycles. The highest BCUT2D eigenvalue weighted by Crippen LogP contribution is 2.36. The molecule has 0 spiro atoms. The third kappa shape index (κ3) is 5.82. The predicted molar refractivity (Wildman–Crippen MR) is 80.6 cm³/mol. The van der Waals surface area contributed by atoms with Gasteiger partial charge in [0, 0.05) is 33.6 Å². The van der Waals surface area contributed by atoms with Crippen LogP contribution in [0.5, 0.6) is 0 Å². The van der Waals surface area contributed by atoms with Gasteiger partial charge < -0.3 is 18.9 Å². The molecular weight excluding hydrogens is 320 g/mol. The number of rotatable bonds is 5. The molecular formula is C16H24O8. The third-order valence-electron chi connectivity index (χ3n) is 3.75. The molecule has 1 rings (SSSR count). The van der Waals surface area contributed by atoms with E-state index in [2.05, 4.69) is 0 Å². The van der Waals surface area contributed by atoms with E-state index in [1.807, 2.05) is 6.92 Å². The number of esters is 4. The van der Waals surface area contributed by atoms with Crippen LogP contribution in [0.1, 0.15) is 41.0 Å². The molecule has 5 atom stereocenters. The van der Waals surface area contributed by atoms with Crippen molar-refractivity contribution in [3.8, 4) is 0 Å². The van der Waals surface area contributed by atoms with Gasteiger partial charge in [-0.15, -0.1) is 0 Å². The second-order valence-corrected chi connectivity index (χ2v) is 6.00. The van der Waals surface area contributed by atoms with Crippen molar-refractivity contribution in [1.29, 1.82) is 0 Å². The quantitative estimate of drug-likeness (QED) is 0.537. The van der Waals surface area contributed by atoms with E-state index in [9.17, 15) is 19.2 Å². The summed E-state index contributed by atoms with van der Waals surface area (Å²) in [7, 11) is 0. The highest BCUT2D eigenvalue weighted by Gasteiger charge is 2.49. The molecule has 1 aliphatic carbocycles. The van der Waals surface area contributed by atoms with Gasteiger partial charge in [-0.05, 0) is 12.3 Å². The van der Waals surface area contributed by atoms with Gasteiger partial charge in [0.15, 0.2) is 6.10 Å². The number of hydrogen-bond acceptors (Lipinski definition) is 8. The van der Waals surface area contributed by atoms with Gasteiger partial charge in [0.2, 0.25) is 0 Å². The first kappa shape index (κ1) is 19.9. The number of carbonyl (C=O) groups is 4. The molecule has 0 aromatic rings. The smallest absolute Gasteiger partial charge is 0.303 e. The lowest BCUT2D eigenvalue weighted by atomic mass is 9.76. The van der Waals surface area contributed by atoms with Crippen molar-refractivity contribution in [2.45, 2.75) is 59.4 Å². The van der Waals surface area contributed by atoms with Crippen LogP contribution in [0.4, 0.5) is 0 Å². The van der Waals surface area contributed by atoms with E-state index < -0.39 is 42.2 Å².